The van der Waals surface area contributed by atoms with Gasteiger partial charge in [0.15, 0.2) is 0 Å². The van der Waals surface area contributed by atoms with E-state index in [1.165, 1.54) is 0 Å². The third-order valence-electron chi connectivity index (χ3n) is 3.40. The second-order valence-electron chi connectivity index (χ2n) is 6.01. The maximum atomic E-state index is 2.30. The van der Waals surface area contributed by atoms with Crippen LogP contribution in [0.25, 0.3) is 0 Å². The number of benzene rings is 3. The minimum atomic E-state index is -2.28. The van der Waals surface area contributed by atoms with E-state index in [1.807, 2.05) is 26.0 Å². The van der Waals surface area contributed by atoms with Crippen molar-refractivity contribution in [3.63, 3.8) is 0 Å². The zero-order chi connectivity index (χ0) is 16.5. The van der Waals surface area contributed by atoms with Crippen molar-refractivity contribution in [2.24, 2.45) is 0 Å². The van der Waals surface area contributed by atoms with Crippen molar-refractivity contribution < 1.29 is 0 Å². The van der Waals surface area contributed by atoms with Crippen molar-refractivity contribution in [1.82, 2.24) is 4.90 Å². The molecule has 3 rings (SSSR count). The van der Waals surface area contributed by atoms with Crippen molar-refractivity contribution in [3.8, 4) is 0 Å². The molecular weight excluding hydrogens is 471 g/mol. The van der Waals surface area contributed by atoms with E-state index in [1.54, 1.807) is 9.37 Å². The summed E-state index contributed by atoms with van der Waals surface area (Å²) in [6, 6.07) is 33.1. The van der Waals surface area contributed by atoms with E-state index < -0.39 is 22.7 Å². The fourth-order valence-corrected chi connectivity index (χ4v) is 14.1. The normalized spacial score (nSPS) is 9.91. The topological polar surface area (TPSA) is 3.24 Å². The molecule has 3 aromatic rings. The first kappa shape index (κ1) is 17.9. The maximum absolute atomic E-state index is 2.30. The molecule has 0 heterocycles. The molecule has 0 aromatic heterocycles. The minimum absolute atomic E-state index is 1.56. The van der Waals surface area contributed by atoms with Gasteiger partial charge in [-0.1, -0.05) is 0 Å². The Balaban J connectivity index is 0.000000433. The predicted molar refractivity (Wildman–Crippen MR) is 104 cm³/mol. The Hall–Kier alpha value is -1.46. The van der Waals surface area contributed by atoms with Crippen molar-refractivity contribution >= 4 is 32.1 Å². The van der Waals surface area contributed by atoms with E-state index in [4.69, 9.17) is 0 Å². The van der Waals surface area contributed by atoms with Crippen molar-refractivity contribution in [1.29, 1.82) is 0 Å². The number of hydrogen-bond acceptors (Lipinski definition) is 1. The summed E-state index contributed by atoms with van der Waals surface area (Å²) < 4.78 is 4.67. The number of nitrogens with zero attached hydrogens (tertiary/aromatic N) is 1. The van der Waals surface area contributed by atoms with Gasteiger partial charge in [0.05, 0.1) is 0 Å². The average Bonchev–Trinajstić information content (AvgIpc) is 2.58. The summed E-state index contributed by atoms with van der Waals surface area (Å²) in [6.45, 7) is 0. The zero-order valence-electron chi connectivity index (χ0n) is 14.2. The molecule has 116 valence electrons. The zero-order valence-corrected chi connectivity index (χ0v) is 18.7. The van der Waals surface area contributed by atoms with Crippen LogP contribution in [0.15, 0.2) is 91.0 Å². The first-order chi connectivity index (χ1) is 11.2. The second-order valence-corrected chi connectivity index (χ2v) is 17.1. The van der Waals surface area contributed by atoms with Gasteiger partial charge in [0, 0.05) is 0 Å². The number of rotatable bonds is 3. The molecule has 0 unspecified atom stereocenters. The van der Waals surface area contributed by atoms with Crippen LogP contribution in [-0.4, -0.2) is 48.7 Å². The summed E-state index contributed by atoms with van der Waals surface area (Å²) in [5, 5.41) is 0. The van der Waals surface area contributed by atoms with E-state index in [2.05, 4.69) is 91.0 Å². The van der Waals surface area contributed by atoms with Gasteiger partial charge in [-0.3, -0.25) is 0 Å². The Morgan fingerprint density at radius 2 is 0.696 bits per heavy atom. The van der Waals surface area contributed by atoms with Gasteiger partial charge in [-0.15, -0.1) is 0 Å². The second kappa shape index (κ2) is 9.63. The monoisotopic (exact) mass is 495 g/mol. The van der Waals surface area contributed by atoms with Gasteiger partial charge in [-0.25, -0.2) is 0 Å². The molecule has 0 bridgehead atoms. The van der Waals surface area contributed by atoms with Crippen LogP contribution in [0.2, 0.25) is 0 Å². The number of hydrogen-bond donors (Lipinski definition) is 0. The molecule has 0 N–H and O–H groups in total. The molecule has 3 aromatic carbocycles. The third kappa shape index (κ3) is 5.92. The van der Waals surface area contributed by atoms with Crippen molar-refractivity contribution in [2.75, 3.05) is 21.1 Å². The van der Waals surface area contributed by atoms with Crippen LogP contribution in [-0.2, 0) is 0 Å². The van der Waals surface area contributed by atoms with Gasteiger partial charge >= 0.3 is 123 Å². The van der Waals surface area contributed by atoms with Crippen LogP contribution in [0.5, 0.6) is 0 Å². The Kier molecular flexibility index (Phi) is 7.49. The molecular formula is C21H24NTl. The fourth-order valence-electron chi connectivity index (χ4n) is 2.51. The molecule has 0 spiro atoms. The van der Waals surface area contributed by atoms with Gasteiger partial charge in [-0.05, 0) is 21.1 Å². The summed E-state index contributed by atoms with van der Waals surface area (Å²) in [6.07, 6.45) is 0. The molecule has 23 heavy (non-hydrogen) atoms. The van der Waals surface area contributed by atoms with Crippen LogP contribution < -0.4 is 9.37 Å². The molecule has 0 aliphatic rings. The van der Waals surface area contributed by atoms with Crippen molar-refractivity contribution in [3.05, 3.63) is 91.0 Å². The van der Waals surface area contributed by atoms with E-state index >= 15 is 0 Å². The summed E-state index contributed by atoms with van der Waals surface area (Å²) in [5.74, 6) is 0. The molecule has 0 saturated carbocycles. The molecule has 1 nitrogen and oxygen atoms in total. The molecule has 0 aliphatic heterocycles. The molecule has 0 saturated heterocycles. The molecule has 0 atom stereocenters. The predicted octanol–water partition coefficient (Wildman–Crippen LogP) is 2.38. The average molecular weight is 495 g/mol. The Labute approximate surface area is 148 Å². The first-order valence-electron chi connectivity index (χ1n) is 7.94. The van der Waals surface area contributed by atoms with Crippen molar-refractivity contribution in [2.45, 2.75) is 0 Å². The summed E-state index contributed by atoms with van der Waals surface area (Å²) >= 11 is -2.28. The summed E-state index contributed by atoms with van der Waals surface area (Å²) in [5.41, 5.74) is 0. The Morgan fingerprint density at radius 1 is 0.478 bits per heavy atom. The molecule has 0 fully saturated rings. The van der Waals surface area contributed by atoms with Gasteiger partial charge in [0.1, 0.15) is 0 Å². The molecule has 0 amide bonds. The van der Waals surface area contributed by atoms with E-state index in [9.17, 15) is 0 Å². The Bertz CT molecular complexity index is 569. The van der Waals surface area contributed by atoms with Gasteiger partial charge in [0.2, 0.25) is 0 Å². The molecule has 2 heteroatoms. The van der Waals surface area contributed by atoms with Gasteiger partial charge in [-0.2, -0.15) is 0 Å². The van der Waals surface area contributed by atoms with Crippen LogP contribution in [0.4, 0.5) is 0 Å². The van der Waals surface area contributed by atoms with Crippen LogP contribution in [0, 0.1) is 0 Å². The van der Waals surface area contributed by atoms with Crippen LogP contribution in [0.1, 0.15) is 0 Å². The van der Waals surface area contributed by atoms with Gasteiger partial charge in [0.25, 0.3) is 0 Å². The molecule has 0 aliphatic carbocycles. The van der Waals surface area contributed by atoms with E-state index in [0.717, 1.165) is 0 Å². The Morgan fingerprint density at radius 3 is 0.913 bits per heavy atom. The van der Waals surface area contributed by atoms with E-state index in [0.29, 0.717) is 0 Å². The summed E-state index contributed by atoms with van der Waals surface area (Å²) in [7, 11) is 6.00. The van der Waals surface area contributed by atoms with E-state index in [-0.39, 0.29) is 0 Å². The summed E-state index contributed by atoms with van der Waals surface area (Å²) in [4.78, 5) is 2.00. The third-order valence-corrected chi connectivity index (χ3v) is 15.7. The van der Waals surface area contributed by atoms with Crippen LogP contribution in [0.3, 0.4) is 0 Å². The fraction of sp³-hybridized carbons (Fsp3) is 0.143. The standard InChI is InChI=1S/3C6H5.C3H9N.Tl/c3*1-2-4-6-5-3-1;1-4(2)3;/h3*1-5H;1-3H3;. The molecule has 0 radical (unpaired) electrons. The first-order valence-corrected chi connectivity index (χ1v) is 14.7. The van der Waals surface area contributed by atoms with Crippen LogP contribution >= 0.6 is 0 Å². The quantitative estimate of drug-likeness (QED) is 0.506. The SMILES string of the molecule is CN(C)C.c1cc[c]([Tl]([c]2ccccc2)[c]2ccccc2)cc1. The van der Waals surface area contributed by atoms with Gasteiger partial charge < -0.3 is 4.90 Å².